The van der Waals surface area contributed by atoms with Crippen LogP contribution in [0.1, 0.15) is 21.5 Å². The van der Waals surface area contributed by atoms with Crippen molar-refractivity contribution in [3.05, 3.63) is 68.7 Å². The fraction of sp³-hybridized carbons (Fsp3) is 0.133. The molecule has 0 aliphatic rings. The fourth-order valence-electron chi connectivity index (χ4n) is 1.91. The van der Waals surface area contributed by atoms with Crippen molar-refractivity contribution in [1.82, 2.24) is 0 Å². The molecule has 0 saturated heterocycles. The van der Waals surface area contributed by atoms with E-state index in [9.17, 15) is 18.0 Å². The van der Waals surface area contributed by atoms with Gasteiger partial charge in [-0.15, -0.1) is 0 Å². The Hall–Kier alpha value is -1.33. The SMILES string of the molecule is O=C(Cc1ccc(Br)cc1Cl)c1ccccc1C(F)(F)F. The summed E-state index contributed by atoms with van der Waals surface area (Å²) in [6.07, 6.45) is -4.74. The van der Waals surface area contributed by atoms with Gasteiger partial charge in [0, 0.05) is 21.5 Å². The quantitative estimate of drug-likeness (QED) is 0.641. The summed E-state index contributed by atoms with van der Waals surface area (Å²) < 4.78 is 39.4. The van der Waals surface area contributed by atoms with Crippen LogP contribution in [-0.2, 0) is 12.6 Å². The summed E-state index contributed by atoms with van der Waals surface area (Å²) in [5, 5.41) is 0.335. The molecule has 0 bridgehead atoms. The molecule has 0 aliphatic heterocycles. The van der Waals surface area contributed by atoms with Gasteiger partial charge in [0.15, 0.2) is 5.78 Å². The van der Waals surface area contributed by atoms with E-state index in [1.54, 1.807) is 18.2 Å². The van der Waals surface area contributed by atoms with E-state index in [4.69, 9.17) is 11.6 Å². The van der Waals surface area contributed by atoms with Crippen molar-refractivity contribution in [1.29, 1.82) is 0 Å². The number of hydrogen-bond acceptors (Lipinski definition) is 1. The summed E-state index contributed by atoms with van der Waals surface area (Å²) in [7, 11) is 0. The first-order chi connectivity index (χ1) is 9.79. The summed E-state index contributed by atoms with van der Waals surface area (Å²) in [6, 6.07) is 9.64. The second-order valence-corrected chi connectivity index (χ2v) is 5.70. The van der Waals surface area contributed by atoms with Crippen LogP contribution >= 0.6 is 27.5 Å². The smallest absolute Gasteiger partial charge is 0.294 e. The molecule has 0 N–H and O–H groups in total. The van der Waals surface area contributed by atoms with Gasteiger partial charge in [-0.2, -0.15) is 13.2 Å². The van der Waals surface area contributed by atoms with Gasteiger partial charge in [0.1, 0.15) is 0 Å². The lowest BCUT2D eigenvalue weighted by Gasteiger charge is -2.12. The number of carbonyl (C=O) groups excluding carboxylic acids is 1. The Morgan fingerprint density at radius 1 is 1.14 bits per heavy atom. The molecule has 110 valence electrons. The van der Waals surface area contributed by atoms with Crippen molar-refractivity contribution in [2.45, 2.75) is 12.6 Å². The minimum Gasteiger partial charge on any atom is -0.294 e. The zero-order valence-corrected chi connectivity index (χ0v) is 12.9. The van der Waals surface area contributed by atoms with Crippen molar-refractivity contribution in [2.24, 2.45) is 0 Å². The number of alkyl halides is 3. The lowest BCUT2D eigenvalue weighted by Crippen LogP contribution is -2.14. The number of benzene rings is 2. The van der Waals surface area contributed by atoms with Gasteiger partial charge in [-0.05, 0) is 23.8 Å². The predicted octanol–water partition coefficient (Wildman–Crippen LogP) is 5.55. The summed E-state index contributed by atoms with van der Waals surface area (Å²) in [5.41, 5.74) is -0.783. The van der Waals surface area contributed by atoms with Crippen LogP contribution in [0.4, 0.5) is 13.2 Å². The van der Waals surface area contributed by atoms with Crippen LogP contribution < -0.4 is 0 Å². The number of hydrogen-bond donors (Lipinski definition) is 0. The van der Waals surface area contributed by atoms with Gasteiger partial charge < -0.3 is 0 Å². The molecule has 0 amide bonds. The highest BCUT2D eigenvalue weighted by molar-refractivity contribution is 9.10. The Kier molecular flexibility index (Phi) is 4.74. The van der Waals surface area contributed by atoms with Gasteiger partial charge in [-0.1, -0.05) is 51.8 Å². The molecule has 0 spiro atoms. The van der Waals surface area contributed by atoms with Gasteiger partial charge in [0.2, 0.25) is 0 Å². The number of rotatable bonds is 3. The topological polar surface area (TPSA) is 17.1 Å². The molecule has 2 rings (SSSR count). The zero-order chi connectivity index (χ0) is 15.6. The van der Waals surface area contributed by atoms with Crippen molar-refractivity contribution in [3.8, 4) is 0 Å². The maximum Gasteiger partial charge on any atom is 0.417 e. The highest BCUT2D eigenvalue weighted by Crippen LogP contribution is 2.32. The maximum absolute atomic E-state index is 12.9. The summed E-state index contributed by atoms with van der Waals surface area (Å²) in [5.74, 6) is -0.618. The summed E-state index contributed by atoms with van der Waals surface area (Å²) in [4.78, 5) is 12.1. The van der Waals surface area contributed by atoms with Crippen LogP contribution in [-0.4, -0.2) is 5.78 Å². The van der Waals surface area contributed by atoms with E-state index >= 15 is 0 Å². The first-order valence-electron chi connectivity index (χ1n) is 5.92. The van der Waals surface area contributed by atoms with E-state index in [1.165, 1.54) is 18.2 Å². The maximum atomic E-state index is 12.9. The lowest BCUT2D eigenvalue weighted by atomic mass is 9.98. The Labute approximate surface area is 132 Å². The number of carbonyl (C=O) groups is 1. The normalized spacial score (nSPS) is 11.5. The van der Waals surface area contributed by atoms with E-state index < -0.39 is 17.5 Å². The molecular formula is C15H9BrClF3O. The predicted molar refractivity (Wildman–Crippen MR) is 78.6 cm³/mol. The van der Waals surface area contributed by atoms with Crippen molar-refractivity contribution in [2.75, 3.05) is 0 Å². The van der Waals surface area contributed by atoms with Gasteiger partial charge in [0.25, 0.3) is 0 Å². The summed E-state index contributed by atoms with van der Waals surface area (Å²) in [6.45, 7) is 0. The number of ketones is 1. The largest absolute Gasteiger partial charge is 0.417 e. The van der Waals surface area contributed by atoms with Crippen molar-refractivity contribution < 1.29 is 18.0 Å². The van der Waals surface area contributed by atoms with E-state index in [2.05, 4.69) is 15.9 Å². The molecule has 0 heterocycles. The van der Waals surface area contributed by atoms with Gasteiger partial charge >= 0.3 is 6.18 Å². The van der Waals surface area contributed by atoms with E-state index in [0.29, 0.717) is 10.6 Å². The molecule has 21 heavy (non-hydrogen) atoms. The number of halogens is 5. The molecule has 0 aromatic heterocycles. The molecule has 0 radical (unpaired) electrons. The molecule has 1 nitrogen and oxygen atoms in total. The third-order valence-corrected chi connectivity index (χ3v) is 3.74. The van der Waals surface area contributed by atoms with Crippen molar-refractivity contribution >= 4 is 33.3 Å². The first-order valence-corrected chi connectivity index (χ1v) is 7.09. The monoisotopic (exact) mass is 376 g/mol. The van der Waals surface area contributed by atoms with Gasteiger partial charge in [-0.25, -0.2) is 0 Å². The zero-order valence-electron chi connectivity index (χ0n) is 10.5. The molecule has 0 fully saturated rings. The van der Waals surface area contributed by atoms with Gasteiger partial charge in [-0.3, -0.25) is 4.79 Å². The molecule has 2 aromatic carbocycles. The van der Waals surface area contributed by atoms with Crippen molar-refractivity contribution in [3.63, 3.8) is 0 Å². The Morgan fingerprint density at radius 2 is 1.81 bits per heavy atom. The molecular weight excluding hydrogens is 369 g/mol. The second-order valence-electron chi connectivity index (χ2n) is 4.38. The third kappa shape index (κ3) is 3.86. The summed E-state index contributed by atoms with van der Waals surface area (Å²) >= 11 is 9.21. The minimum absolute atomic E-state index is 0.181. The number of Topliss-reactive ketones (excluding diaryl/α,β-unsaturated/α-hetero) is 1. The highest BCUT2D eigenvalue weighted by Gasteiger charge is 2.34. The Morgan fingerprint density at radius 3 is 2.43 bits per heavy atom. The average molecular weight is 378 g/mol. The second kappa shape index (κ2) is 6.20. The standard InChI is InChI=1S/C15H9BrClF3O/c16-10-6-5-9(13(17)8-10)7-14(21)11-3-1-2-4-12(11)15(18,19)20/h1-6,8H,7H2. The molecule has 0 aliphatic carbocycles. The molecule has 2 aromatic rings. The Balaban J connectivity index is 2.33. The van der Waals surface area contributed by atoms with Crippen LogP contribution in [0.25, 0.3) is 0 Å². The van der Waals surface area contributed by atoms with Crippen LogP contribution in [0.2, 0.25) is 5.02 Å². The highest BCUT2D eigenvalue weighted by atomic mass is 79.9. The van der Waals surface area contributed by atoms with Crippen LogP contribution in [0, 0.1) is 0 Å². The van der Waals surface area contributed by atoms with Crippen LogP contribution in [0.5, 0.6) is 0 Å². The Bertz CT molecular complexity index is 683. The van der Waals surface area contributed by atoms with Crippen LogP contribution in [0.15, 0.2) is 46.9 Å². The van der Waals surface area contributed by atoms with Crippen LogP contribution in [0.3, 0.4) is 0 Å². The third-order valence-electron chi connectivity index (χ3n) is 2.90. The molecule has 0 atom stereocenters. The molecule has 6 heteroatoms. The fourth-order valence-corrected chi connectivity index (χ4v) is 2.65. The molecule has 0 unspecified atom stereocenters. The minimum atomic E-state index is -4.56. The van der Waals surface area contributed by atoms with E-state index in [-0.39, 0.29) is 12.0 Å². The average Bonchev–Trinajstić information content (AvgIpc) is 2.41. The van der Waals surface area contributed by atoms with E-state index in [1.807, 2.05) is 0 Å². The molecule has 0 saturated carbocycles. The first kappa shape index (κ1) is 16.0. The van der Waals surface area contributed by atoms with Gasteiger partial charge in [0.05, 0.1) is 5.56 Å². The lowest BCUT2D eigenvalue weighted by molar-refractivity contribution is -0.137. The van der Waals surface area contributed by atoms with E-state index in [0.717, 1.165) is 10.5 Å².